The summed E-state index contributed by atoms with van der Waals surface area (Å²) in [6.45, 7) is 9.87. The van der Waals surface area contributed by atoms with E-state index in [1.54, 1.807) is 0 Å². The summed E-state index contributed by atoms with van der Waals surface area (Å²) in [4.78, 5) is 15.7. The number of benzene rings is 1. The van der Waals surface area contributed by atoms with Gasteiger partial charge in [0, 0.05) is 22.8 Å². The van der Waals surface area contributed by atoms with E-state index in [1.807, 2.05) is 47.0 Å². The molecule has 3 rings (SSSR count). The third kappa shape index (κ3) is 4.60. The summed E-state index contributed by atoms with van der Waals surface area (Å²) in [5.74, 6) is 0.759. The summed E-state index contributed by atoms with van der Waals surface area (Å²) < 4.78 is 9.66. The molecule has 0 N–H and O–H groups in total. The van der Waals surface area contributed by atoms with E-state index in [4.69, 9.17) is 4.74 Å². The molecule has 0 saturated heterocycles. The van der Waals surface area contributed by atoms with Crippen LogP contribution >= 0.6 is 31.9 Å². The Balaban J connectivity index is 1.86. The predicted octanol–water partition coefficient (Wildman–Crippen LogP) is 5.98. The van der Waals surface area contributed by atoms with Crippen LogP contribution in [-0.4, -0.2) is 41.3 Å². The molecule has 2 heterocycles. The topological polar surface area (TPSA) is 34.0 Å². The molecule has 3 aromatic rings. The number of aromatic nitrogens is 1. The van der Waals surface area contributed by atoms with Gasteiger partial charge in [0.05, 0.1) is 15.7 Å². The Morgan fingerprint density at radius 1 is 1.10 bits per heavy atom. The SMILES string of the molecule is CCc1c(Br)c2ccccn2c1C(=O)c1ccc(OCCN(CC)CC)c(Br)c1. The molecule has 0 aliphatic carbocycles. The van der Waals surface area contributed by atoms with Gasteiger partial charge in [0.15, 0.2) is 0 Å². The largest absolute Gasteiger partial charge is 0.491 e. The zero-order chi connectivity index (χ0) is 21.0. The number of nitrogens with zero attached hydrogens (tertiary/aromatic N) is 2. The van der Waals surface area contributed by atoms with Gasteiger partial charge in [-0.1, -0.05) is 26.8 Å². The first-order chi connectivity index (χ1) is 14.0. The van der Waals surface area contributed by atoms with E-state index in [1.165, 1.54) is 0 Å². The molecular formula is C23H26Br2N2O2. The van der Waals surface area contributed by atoms with Gasteiger partial charge in [0.1, 0.15) is 12.4 Å². The summed E-state index contributed by atoms with van der Waals surface area (Å²) in [6, 6.07) is 11.5. The van der Waals surface area contributed by atoms with Gasteiger partial charge in [-0.3, -0.25) is 4.79 Å². The summed E-state index contributed by atoms with van der Waals surface area (Å²) in [6.07, 6.45) is 2.71. The quantitative estimate of drug-likeness (QED) is 0.325. The van der Waals surface area contributed by atoms with Crippen LogP contribution in [0.3, 0.4) is 0 Å². The van der Waals surface area contributed by atoms with Gasteiger partial charge in [0.2, 0.25) is 5.78 Å². The third-order valence-corrected chi connectivity index (χ3v) is 6.70. The number of carbonyl (C=O) groups excluding carboxylic acids is 1. The van der Waals surface area contributed by atoms with Crippen LogP contribution in [0.15, 0.2) is 51.5 Å². The van der Waals surface area contributed by atoms with Gasteiger partial charge < -0.3 is 14.0 Å². The smallest absolute Gasteiger partial charge is 0.210 e. The summed E-state index contributed by atoms with van der Waals surface area (Å²) in [7, 11) is 0. The number of hydrogen-bond donors (Lipinski definition) is 0. The Kier molecular flexibility index (Phi) is 7.55. The molecule has 0 aliphatic rings. The van der Waals surface area contributed by atoms with E-state index >= 15 is 0 Å². The van der Waals surface area contributed by atoms with Gasteiger partial charge in [-0.05, 0) is 87.3 Å². The fraction of sp³-hybridized carbons (Fsp3) is 0.348. The monoisotopic (exact) mass is 520 g/mol. The van der Waals surface area contributed by atoms with Crippen LogP contribution in [0.5, 0.6) is 5.75 Å². The number of ketones is 1. The maximum atomic E-state index is 13.4. The summed E-state index contributed by atoms with van der Waals surface area (Å²) in [5, 5.41) is 0. The molecule has 2 aromatic heterocycles. The number of fused-ring (bicyclic) bond motifs is 1. The lowest BCUT2D eigenvalue weighted by Gasteiger charge is -2.18. The van der Waals surface area contributed by atoms with E-state index in [9.17, 15) is 4.79 Å². The lowest BCUT2D eigenvalue weighted by atomic mass is 10.0. The van der Waals surface area contributed by atoms with Gasteiger partial charge in [0.25, 0.3) is 0 Å². The average molecular weight is 522 g/mol. The zero-order valence-electron chi connectivity index (χ0n) is 17.0. The number of ether oxygens (including phenoxy) is 1. The number of halogens is 2. The third-order valence-electron chi connectivity index (χ3n) is 5.20. The van der Waals surface area contributed by atoms with E-state index in [0.29, 0.717) is 17.9 Å². The van der Waals surface area contributed by atoms with Crippen molar-refractivity contribution in [1.82, 2.24) is 9.30 Å². The maximum absolute atomic E-state index is 13.4. The van der Waals surface area contributed by atoms with Crippen LogP contribution in [0.4, 0.5) is 0 Å². The normalized spacial score (nSPS) is 11.4. The molecule has 0 radical (unpaired) electrons. The molecule has 0 unspecified atom stereocenters. The van der Waals surface area contributed by atoms with Crippen molar-refractivity contribution in [3.8, 4) is 5.75 Å². The van der Waals surface area contributed by atoms with Gasteiger partial charge in [-0.2, -0.15) is 0 Å². The average Bonchev–Trinajstić information content (AvgIpc) is 3.03. The highest BCUT2D eigenvalue weighted by atomic mass is 79.9. The zero-order valence-corrected chi connectivity index (χ0v) is 20.2. The fourth-order valence-electron chi connectivity index (χ4n) is 3.51. The number of rotatable bonds is 9. The molecule has 6 heteroatoms. The molecule has 0 saturated carbocycles. The minimum atomic E-state index is 0.00383. The second-order valence-electron chi connectivity index (χ2n) is 6.80. The second kappa shape index (κ2) is 9.92. The van der Waals surface area contributed by atoms with Crippen LogP contribution in [0.2, 0.25) is 0 Å². The molecule has 4 nitrogen and oxygen atoms in total. The van der Waals surface area contributed by atoms with Crippen molar-refractivity contribution in [2.75, 3.05) is 26.2 Å². The molecule has 0 bridgehead atoms. The van der Waals surface area contributed by atoms with Crippen LogP contribution in [0.25, 0.3) is 5.52 Å². The van der Waals surface area contributed by atoms with Crippen molar-refractivity contribution in [3.63, 3.8) is 0 Å². The highest BCUT2D eigenvalue weighted by Gasteiger charge is 2.22. The fourth-order valence-corrected chi connectivity index (χ4v) is 4.79. The van der Waals surface area contributed by atoms with E-state index in [2.05, 4.69) is 57.5 Å². The molecule has 0 amide bonds. The van der Waals surface area contributed by atoms with Crippen molar-refractivity contribution in [3.05, 3.63) is 68.4 Å². The van der Waals surface area contributed by atoms with E-state index < -0.39 is 0 Å². The highest BCUT2D eigenvalue weighted by molar-refractivity contribution is 9.11. The van der Waals surface area contributed by atoms with Crippen molar-refractivity contribution >= 4 is 43.2 Å². The summed E-state index contributed by atoms with van der Waals surface area (Å²) in [5.41, 5.74) is 3.37. The molecular weight excluding hydrogens is 496 g/mol. The minimum absolute atomic E-state index is 0.00383. The van der Waals surface area contributed by atoms with Gasteiger partial charge in [-0.15, -0.1) is 0 Å². The predicted molar refractivity (Wildman–Crippen MR) is 125 cm³/mol. The van der Waals surface area contributed by atoms with E-state index in [0.717, 1.165) is 51.8 Å². The van der Waals surface area contributed by atoms with Crippen LogP contribution in [-0.2, 0) is 6.42 Å². The molecule has 1 aromatic carbocycles. The van der Waals surface area contributed by atoms with E-state index in [-0.39, 0.29) is 5.78 Å². The number of likely N-dealkylation sites (N-methyl/N-ethyl adjacent to an activating group) is 1. The number of pyridine rings is 1. The molecule has 0 fully saturated rings. The molecule has 29 heavy (non-hydrogen) atoms. The Morgan fingerprint density at radius 2 is 1.86 bits per heavy atom. The highest BCUT2D eigenvalue weighted by Crippen LogP contribution is 2.32. The standard InChI is InChI=1S/C23H26Br2N2O2/c1-4-17-21(25)19-9-7-8-12-27(19)22(17)23(28)16-10-11-20(18(24)15-16)29-14-13-26(5-2)6-3/h7-12,15H,4-6,13-14H2,1-3H3. The Hall–Kier alpha value is -1.63. The van der Waals surface area contributed by atoms with Crippen molar-refractivity contribution in [2.45, 2.75) is 27.2 Å². The van der Waals surface area contributed by atoms with Crippen LogP contribution < -0.4 is 4.74 Å². The van der Waals surface area contributed by atoms with Crippen LogP contribution in [0.1, 0.15) is 42.4 Å². The minimum Gasteiger partial charge on any atom is -0.491 e. The second-order valence-corrected chi connectivity index (χ2v) is 8.45. The molecule has 0 atom stereocenters. The van der Waals surface area contributed by atoms with Crippen molar-refractivity contribution < 1.29 is 9.53 Å². The maximum Gasteiger partial charge on any atom is 0.210 e. The molecule has 0 aliphatic heterocycles. The van der Waals surface area contributed by atoms with Gasteiger partial charge in [-0.25, -0.2) is 0 Å². The Bertz CT molecular complexity index is 1010. The number of hydrogen-bond acceptors (Lipinski definition) is 3. The van der Waals surface area contributed by atoms with Crippen LogP contribution in [0, 0.1) is 0 Å². The first-order valence-corrected chi connectivity index (χ1v) is 11.6. The molecule has 154 valence electrons. The van der Waals surface area contributed by atoms with Crippen molar-refractivity contribution in [1.29, 1.82) is 0 Å². The summed E-state index contributed by atoms with van der Waals surface area (Å²) >= 11 is 7.25. The first kappa shape index (κ1) is 22.1. The Morgan fingerprint density at radius 3 is 2.52 bits per heavy atom. The number of carbonyl (C=O) groups is 1. The molecule has 0 spiro atoms. The van der Waals surface area contributed by atoms with Gasteiger partial charge >= 0.3 is 0 Å². The van der Waals surface area contributed by atoms with Crippen molar-refractivity contribution in [2.24, 2.45) is 0 Å². The lowest BCUT2D eigenvalue weighted by molar-refractivity contribution is 0.103. The first-order valence-electron chi connectivity index (χ1n) is 9.98. The lowest BCUT2D eigenvalue weighted by Crippen LogP contribution is -2.27. The Labute approximate surface area is 189 Å².